The van der Waals surface area contributed by atoms with E-state index in [9.17, 15) is 4.79 Å². The van der Waals surface area contributed by atoms with Gasteiger partial charge in [-0.1, -0.05) is 0 Å². The molecule has 0 spiro atoms. The van der Waals surface area contributed by atoms with Crippen LogP contribution in [0.3, 0.4) is 0 Å². The van der Waals surface area contributed by atoms with E-state index in [0.717, 1.165) is 31.9 Å². The Balaban J connectivity index is 1.39. The van der Waals surface area contributed by atoms with Gasteiger partial charge in [0.1, 0.15) is 18.2 Å². The molecule has 0 aliphatic heterocycles. The maximum absolute atomic E-state index is 12.6. The van der Waals surface area contributed by atoms with E-state index in [1.165, 1.54) is 18.9 Å². The summed E-state index contributed by atoms with van der Waals surface area (Å²) in [5.41, 5.74) is 2.59. The molecule has 1 aliphatic carbocycles. The number of nitrogens with one attached hydrogen (secondary N) is 1. The molecule has 5 rings (SSSR count). The number of ether oxygens (including phenoxy) is 1. The van der Waals surface area contributed by atoms with Crippen molar-refractivity contribution in [2.75, 3.05) is 0 Å². The number of rotatable bonds is 5. The van der Waals surface area contributed by atoms with Gasteiger partial charge in [-0.15, -0.1) is 11.3 Å². The number of thiophene rings is 1. The monoisotopic (exact) mass is 441 g/mol. The molecular weight excluding hydrogens is 426 g/mol. The van der Waals surface area contributed by atoms with E-state index < -0.39 is 0 Å². The zero-order valence-electron chi connectivity index (χ0n) is 14.3. The van der Waals surface area contributed by atoms with Crippen molar-refractivity contribution in [2.24, 2.45) is 0 Å². The lowest BCUT2D eigenvalue weighted by molar-refractivity contribution is 0.309. The average molecular weight is 442 g/mol. The quantitative estimate of drug-likeness (QED) is 0.474. The number of imidazole rings is 1. The Bertz CT molecular complexity index is 1190. The first-order chi connectivity index (χ1) is 13.2. The summed E-state index contributed by atoms with van der Waals surface area (Å²) in [7, 11) is 0. The Morgan fingerprint density at radius 2 is 2.15 bits per heavy atom. The van der Waals surface area contributed by atoms with Crippen molar-refractivity contribution in [3.8, 4) is 11.4 Å². The molecule has 3 aromatic heterocycles. The highest BCUT2D eigenvalue weighted by Crippen LogP contribution is 2.39. The van der Waals surface area contributed by atoms with Crippen molar-refractivity contribution in [3.05, 3.63) is 73.5 Å². The average Bonchev–Trinajstić information content (AvgIpc) is 3.29. The SMILES string of the molecule is O=c1cc(OCc2cc(Br)cs2)ccn1-c1ccc2nc(C3CC3)[nH]c2c1. The minimum Gasteiger partial charge on any atom is -0.488 e. The summed E-state index contributed by atoms with van der Waals surface area (Å²) in [6.07, 6.45) is 4.16. The van der Waals surface area contributed by atoms with Gasteiger partial charge in [0, 0.05) is 32.9 Å². The minimum atomic E-state index is -0.124. The number of benzene rings is 1. The number of hydrogen-bond acceptors (Lipinski definition) is 4. The van der Waals surface area contributed by atoms with Gasteiger partial charge in [0.05, 0.1) is 16.7 Å². The Kier molecular flexibility index (Phi) is 4.13. The summed E-state index contributed by atoms with van der Waals surface area (Å²) >= 11 is 5.05. The molecule has 0 unspecified atom stereocenters. The van der Waals surface area contributed by atoms with Crippen molar-refractivity contribution >= 4 is 38.3 Å². The second kappa shape index (κ2) is 6.65. The van der Waals surface area contributed by atoms with E-state index in [0.29, 0.717) is 18.3 Å². The second-order valence-corrected chi connectivity index (χ2v) is 8.60. The van der Waals surface area contributed by atoms with Crippen LogP contribution in [0.25, 0.3) is 16.7 Å². The number of hydrogen-bond donors (Lipinski definition) is 1. The Morgan fingerprint density at radius 3 is 2.89 bits per heavy atom. The number of aromatic nitrogens is 3. The van der Waals surface area contributed by atoms with E-state index in [1.54, 1.807) is 22.1 Å². The molecule has 0 radical (unpaired) electrons. The van der Waals surface area contributed by atoms with Crippen LogP contribution in [-0.4, -0.2) is 14.5 Å². The molecule has 1 saturated carbocycles. The molecule has 1 aromatic carbocycles. The predicted octanol–water partition coefficient (Wildman–Crippen LogP) is 4.99. The maximum atomic E-state index is 12.6. The third kappa shape index (κ3) is 3.44. The van der Waals surface area contributed by atoms with Crippen LogP contribution in [0.2, 0.25) is 0 Å². The number of nitrogens with zero attached hydrogens (tertiary/aromatic N) is 2. The number of H-pyrrole nitrogens is 1. The fourth-order valence-corrected chi connectivity index (χ4v) is 4.43. The number of pyridine rings is 1. The summed E-state index contributed by atoms with van der Waals surface area (Å²) in [6, 6.07) is 11.2. The van der Waals surface area contributed by atoms with Crippen LogP contribution < -0.4 is 10.3 Å². The molecule has 7 heteroatoms. The number of fused-ring (bicyclic) bond motifs is 1. The molecule has 5 nitrogen and oxygen atoms in total. The lowest BCUT2D eigenvalue weighted by Gasteiger charge is -2.08. The first-order valence-electron chi connectivity index (χ1n) is 8.74. The van der Waals surface area contributed by atoms with Crippen LogP contribution in [0.4, 0.5) is 0 Å². The first-order valence-corrected chi connectivity index (χ1v) is 10.4. The van der Waals surface area contributed by atoms with Gasteiger partial charge in [0.25, 0.3) is 5.56 Å². The standard InChI is InChI=1S/C20H16BrN3O2S/c21-13-7-16(27-11-13)10-26-15-5-6-24(19(25)9-15)14-3-4-17-18(8-14)23-20(22-17)12-1-2-12/h3-9,11-12H,1-2,10H2,(H,22,23). The summed E-state index contributed by atoms with van der Waals surface area (Å²) in [4.78, 5) is 21.7. The van der Waals surface area contributed by atoms with Crippen LogP contribution in [0.15, 0.2) is 57.2 Å². The second-order valence-electron chi connectivity index (χ2n) is 6.69. The molecule has 3 heterocycles. The van der Waals surface area contributed by atoms with Gasteiger partial charge in [0.15, 0.2) is 0 Å². The summed E-state index contributed by atoms with van der Waals surface area (Å²) in [6.45, 7) is 0.448. The largest absolute Gasteiger partial charge is 0.488 e. The molecule has 1 aliphatic rings. The molecular formula is C20H16BrN3O2S. The molecule has 4 aromatic rings. The van der Waals surface area contributed by atoms with Gasteiger partial charge in [0.2, 0.25) is 0 Å². The molecule has 0 saturated heterocycles. The van der Waals surface area contributed by atoms with E-state index in [2.05, 4.69) is 25.9 Å². The zero-order valence-corrected chi connectivity index (χ0v) is 16.7. The van der Waals surface area contributed by atoms with Crippen LogP contribution in [0.1, 0.15) is 29.5 Å². The molecule has 27 heavy (non-hydrogen) atoms. The molecule has 0 atom stereocenters. The van der Waals surface area contributed by atoms with E-state index >= 15 is 0 Å². The Hall–Kier alpha value is -2.38. The van der Waals surface area contributed by atoms with Crippen molar-refractivity contribution in [1.29, 1.82) is 0 Å². The minimum absolute atomic E-state index is 0.124. The van der Waals surface area contributed by atoms with Crippen LogP contribution >= 0.6 is 27.3 Å². The Labute approximate surface area is 167 Å². The maximum Gasteiger partial charge on any atom is 0.258 e. The lowest BCUT2D eigenvalue weighted by Crippen LogP contribution is -2.16. The van der Waals surface area contributed by atoms with E-state index in [1.807, 2.05) is 35.7 Å². The summed E-state index contributed by atoms with van der Waals surface area (Å²) in [5.74, 6) is 2.20. The predicted molar refractivity (Wildman–Crippen MR) is 110 cm³/mol. The van der Waals surface area contributed by atoms with Gasteiger partial charge in [-0.2, -0.15) is 0 Å². The van der Waals surface area contributed by atoms with E-state index in [4.69, 9.17) is 4.74 Å². The molecule has 1 N–H and O–H groups in total. The smallest absolute Gasteiger partial charge is 0.258 e. The third-order valence-corrected chi connectivity index (χ3v) is 6.29. The molecule has 0 bridgehead atoms. The topological polar surface area (TPSA) is 59.9 Å². The lowest BCUT2D eigenvalue weighted by atomic mass is 10.2. The van der Waals surface area contributed by atoms with Gasteiger partial charge in [-0.25, -0.2) is 4.98 Å². The van der Waals surface area contributed by atoms with Gasteiger partial charge >= 0.3 is 0 Å². The van der Waals surface area contributed by atoms with Gasteiger partial charge < -0.3 is 9.72 Å². The highest BCUT2D eigenvalue weighted by atomic mass is 79.9. The molecule has 0 amide bonds. The van der Waals surface area contributed by atoms with Crippen LogP contribution in [0.5, 0.6) is 5.75 Å². The third-order valence-electron chi connectivity index (χ3n) is 4.62. The van der Waals surface area contributed by atoms with Crippen molar-refractivity contribution in [1.82, 2.24) is 14.5 Å². The van der Waals surface area contributed by atoms with Crippen LogP contribution in [-0.2, 0) is 6.61 Å². The van der Waals surface area contributed by atoms with Crippen LogP contribution in [0, 0.1) is 0 Å². The normalized spacial score (nSPS) is 14.0. The summed E-state index contributed by atoms with van der Waals surface area (Å²) in [5, 5.41) is 2.01. The number of halogens is 1. The highest BCUT2D eigenvalue weighted by molar-refractivity contribution is 9.10. The zero-order chi connectivity index (χ0) is 18.4. The van der Waals surface area contributed by atoms with Gasteiger partial charge in [-0.05, 0) is 59.1 Å². The van der Waals surface area contributed by atoms with E-state index in [-0.39, 0.29) is 5.56 Å². The highest BCUT2D eigenvalue weighted by Gasteiger charge is 2.26. The molecule has 1 fully saturated rings. The number of aromatic amines is 1. The fraction of sp³-hybridized carbons (Fsp3) is 0.200. The fourth-order valence-electron chi connectivity index (χ4n) is 3.07. The van der Waals surface area contributed by atoms with Gasteiger partial charge in [-0.3, -0.25) is 9.36 Å². The van der Waals surface area contributed by atoms with Crippen molar-refractivity contribution < 1.29 is 4.74 Å². The van der Waals surface area contributed by atoms with Crippen molar-refractivity contribution in [3.63, 3.8) is 0 Å². The van der Waals surface area contributed by atoms with Crippen molar-refractivity contribution in [2.45, 2.75) is 25.4 Å². The first kappa shape index (κ1) is 16.8. The molecule has 136 valence electrons. The Morgan fingerprint density at radius 1 is 1.26 bits per heavy atom. The summed E-state index contributed by atoms with van der Waals surface area (Å²) < 4.78 is 8.40.